The molecule has 0 atom stereocenters. The lowest BCUT2D eigenvalue weighted by atomic mass is 10.2. The summed E-state index contributed by atoms with van der Waals surface area (Å²) >= 11 is 0. The van der Waals surface area contributed by atoms with Crippen molar-refractivity contribution >= 4 is 11.6 Å². The molecular weight excluding hydrogens is 202 g/mol. The molecule has 0 aliphatic heterocycles. The van der Waals surface area contributed by atoms with Gasteiger partial charge in [0.1, 0.15) is 0 Å². The Morgan fingerprint density at radius 1 is 1.12 bits per heavy atom. The zero-order valence-electron chi connectivity index (χ0n) is 8.58. The molecule has 2 N–H and O–H groups in total. The van der Waals surface area contributed by atoms with E-state index < -0.39 is 0 Å². The van der Waals surface area contributed by atoms with Gasteiger partial charge in [-0.05, 0) is 24.3 Å². The van der Waals surface area contributed by atoms with Crippen molar-refractivity contribution < 1.29 is 4.79 Å². The Morgan fingerprint density at radius 3 is 2.50 bits per heavy atom. The number of nitrogens with zero attached hydrogens (tertiary/aromatic N) is 2. The van der Waals surface area contributed by atoms with Crippen molar-refractivity contribution in [2.75, 3.05) is 5.01 Å². The van der Waals surface area contributed by atoms with Crippen LogP contribution in [0.15, 0.2) is 54.9 Å². The molecule has 0 fully saturated rings. The highest BCUT2D eigenvalue weighted by atomic mass is 16.2. The molecular formula is C12H11N3O. The van der Waals surface area contributed by atoms with Crippen LogP contribution in [-0.2, 0) is 0 Å². The van der Waals surface area contributed by atoms with Crippen molar-refractivity contribution in [3.05, 3.63) is 60.4 Å². The van der Waals surface area contributed by atoms with Gasteiger partial charge in [-0.2, -0.15) is 0 Å². The lowest BCUT2D eigenvalue weighted by molar-refractivity contribution is 0.0987. The predicted molar refractivity (Wildman–Crippen MR) is 61.7 cm³/mol. The molecule has 0 unspecified atom stereocenters. The van der Waals surface area contributed by atoms with Crippen molar-refractivity contribution in [2.24, 2.45) is 5.84 Å². The van der Waals surface area contributed by atoms with Gasteiger partial charge in [-0.25, -0.2) is 10.9 Å². The number of benzene rings is 1. The Balaban J connectivity index is 2.24. The van der Waals surface area contributed by atoms with Crippen LogP contribution in [0.4, 0.5) is 5.69 Å². The summed E-state index contributed by atoms with van der Waals surface area (Å²) in [7, 11) is 0. The first-order valence-electron chi connectivity index (χ1n) is 4.83. The van der Waals surface area contributed by atoms with E-state index in [2.05, 4.69) is 4.98 Å². The third kappa shape index (κ3) is 2.07. The van der Waals surface area contributed by atoms with Gasteiger partial charge in [-0.1, -0.05) is 18.2 Å². The SMILES string of the molecule is NN(C(=O)c1ccccc1)c1cccnc1. The molecule has 0 radical (unpaired) electrons. The zero-order valence-corrected chi connectivity index (χ0v) is 8.58. The maximum atomic E-state index is 11.9. The quantitative estimate of drug-likeness (QED) is 0.468. The molecule has 0 aliphatic rings. The van der Waals surface area contributed by atoms with Crippen LogP contribution in [0.5, 0.6) is 0 Å². The highest BCUT2D eigenvalue weighted by Crippen LogP contribution is 2.11. The van der Waals surface area contributed by atoms with E-state index in [4.69, 9.17) is 5.84 Å². The molecule has 4 heteroatoms. The maximum absolute atomic E-state index is 11.9. The number of hydrogen-bond acceptors (Lipinski definition) is 3. The topological polar surface area (TPSA) is 59.2 Å². The Kier molecular flexibility index (Phi) is 2.93. The van der Waals surface area contributed by atoms with Crippen molar-refractivity contribution in [3.8, 4) is 0 Å². The molecule has 2 rings (SSSR count). The van der Waals surface area contributed by atoms with Crippen LogP contribution in [0, 0.1) is 0 Å². The maximum Gasteiger partial charge on any atom is 0.272 e. The molecule has 4 nitrogen and oxygen atoms in total. The van der Waals surface area contributed by atoms with Crippen LogP contribution in [0.2, 0.25) is 0 Å². The van der Waals surface area contributed by atoms with Gasteiger partial charge in [0.2, 0.25) is 0 Å². The summed E-state index contributed by atoms with van der Waals surface area (Å²) in [5, 5.41) is 1.09. The number of hydrogen-bond donors (Lipinski definition) is 1. The second-order valence-electron chi connectivity index (χ2n) is 3.25. The van der Waals surface area contributed by atoms with Crippen LogP contribution in [0.1, 0.15) is 10.4 Å². The molecule has 1 amide bonds. The minimum absolute atomic E-state index is 0.256. The molecule has 0 spiro atoms. The summed E-state index contributed by atoms with van der Waals surface area (Å²) in [5.41, 5.74) is 1.12. The number of carbonyl (C=O) groups excluding carboxylic acids is 1. The largest absolute Gasteiger partial charge is 0.272 e. The lowest BCUT2D eigenvalue weighted by Crippen LogP contribution is -2.37. The van der Waals surface area contributed by atoms with Crippen LogP contribution in [0.25, 0.3) is 0 Å². The van der Waals surface area contributed by atoms with Gasteiger partial charge in [-0.3, -0.25) is 9.78 Å². The first-order valence-corrected chi connectivity index (χ1v) is 4.83. The van der Waals surface area contributed by atoms with Crippen molar-refractivity contribution in [3.63, 3.8) is 0 Å². The summed E-state index contributed by atoms with van der Waals surface area (Å²) in [6.07, 6.45) is 3.17. The molecule has 1 aromatic heterocycles. The molecule has 80 valence electrons. The first-order chi connectivity index (χ1) is 7.79. The Hall–Kier alpha value is -2.20. The van der Waals surface area contributed by atoms with E-state index in [0.29, 0.717) is 11.3 Å². The van der Waals surface area contributed by atoms with Crippen molar-refractivity contribution in [1.29, 1.82) is 0 Å². The molecule has 2 aromatic rings. The molecule has 0 saturated carbocycles. The summed E-state index contributed by atoms with van der Waals surface area (Å²) in [4.78, 5) is 15.8. The van der Waals surface area contributed by atoms with Gasteiger partial charge in [0.05, 0.1) is 11.9 Å². The molecule has 0 aliphatic carbocycles. The predicted octanol–water partition coefficient (Wildman–Crippen LogP) is 1.60. The summed E-state index contributed by atoms with van der Waals surface area (Å²) in [6.45, 7) is 0. The number of carbonyl (C=O) groups is 1. The third-order valence-electron chi connectivity index (χ3n) is 2.16. The third-order valence-corrected chi connectivity index (χ3v) is 2.16. The monoisotopic (exact) mass is 213 g/mol. The Bertz CT molecular complexity index is 470. The van der Waals surface area contributed by atoms with E-state index in [1.165, 1.54) is 0 Å². The van der Waals surface area contributed by atoms with Gasteiger partial charge in [-0.15, -0.1) is 0 Å². The molecule has 0 bridgehead atoms. The van der Waals surface area contributed by atoms with Crippen molar-refractivity contribution in [1.82, 2.24) is 4.98 Å². The first kappa shape index (κ1) is 10.3. The van der Waals surface area contributed by atoms with E-state index in [-0.39, 0.29) is 5.91 Å². The minimum atomic E-state index is -0.256. The second kappa shape index (κ2) is 4.55. The number of amides is 1. The highest BCUT2D eigenvalue weighted by molar-refractivity contribution is 6.05. The average Bonchev–Trinajstić information content (AvgIpc) is 2.39. The molecule has 1 heterocycles. The standard InChI is InChI=1S/C12H11N3O/c13-15(11-7-4-8-14-9-11)12(16)10-5-2-1-3-6-10/h1-9H,13H2. The molecule has 1 aromatic carbocycles. The normalized spacial score (nSPS) is 9.81. The summed E-state index contributed by atoms with van der Waals surface area (Å²) in [5.74, 6) is 5.46. The molecule has 0 saturated heterocycles. The van der Waals surface area contributed by atoms with Gasteiger partial charge in [0, 0.05) is 11.8 Å². The van der Waals surface area contributed by atoms with Crippen LogP contribution >= 0.6 is 0 Å². The van der Waals surface area contributed by atoms with Crippen LogP contribution < -0.4 is 10.9 Å². The van der Waals surface area contributed by atoms with Gasteiger partial charge >= 0.3 is 0 Å². The van der Waals surface area contributed by atoms with Crippen molar-refractivity contribution in [2.45, 2.75) is 0 Å². The van der Waals surface area contributed by atoms with E-state index in [9.17, 15) is 4.79 Å². The lowest BCUT2D eigenvalue weighted by Gasteiger charge is -2.15. The Labute approximate surface area is 93.3 Å². The number of aromatic nitrogens is 1. The minimum Gasteiger partial charge on any atom is -0.267 e. The highest BCUT2D eigenvalue weighted by Gasteiger charge is 2.13. The smallest absolute Gasteiger partial charge is 0.267 e. The number of rotatable bonds is 2. The van der Waals surface area contributed by atoms with E-state index in [1.807, 2.05) is 6.07 Å². The number of anilines is 1. The van der Waals surface area contributed by atoms with Crippen LogP contribution in [-0.4, -0.2) is 10.9 Å². The molecule has 16 heavy (non-hydrogen) atoms. The Morgan fingerprint density at radius 2 is 1.88 bits per heavy atom. The average molecular weight is 213 g/mol. The van der Waals surface area contributed by atoms with E-state index >= 15 is 0 Å². The summed E-state index contributed by atoms with van der Waals surface area (Å²) in [6, 6.07) is 12.3. The fraction of sp³-hybridized carbons (Fsp3) is 0. The van der Waals surface area contributed by atoms with Crippen LogP contribution in [0.3, 0.4) is 0 Å². The van der Waals surface area contributed by atoms with E-state index in [1.54, 1.807) is 48.8 Å². The van der Waals surface area contributed by atoms with Gasteiger partial charge < -0.3 is 0 Å². The fourth-order valence-corrected chi connectivity index (χ4v) is 1.33. The van der Waals surface area contributed by atoms with E-state index in [0.717, 1.165) is 5.01 Å². The number of nitrogens with two attached hydrogens (primary N) is 1. The number of hydrazine groups is 1. The number of pyridine rings is 1. The van der Waals surface area contributed by atoms with Gasteiger partial charge in [0.15, 0.2) is 0 Å². The fourth-order valence-electron chi connectivity index (χ4n) is 1.33. The van der Waals surface area contributed by atoms with Gasteiger partial charge in [0.25, 0.3) is 5.91 Å². The second-order valence-corrected chi connectivity index (χ2v) is 3.25. The zero-order chi connectivity index (χ0) is 11.4. The summed E-state index contributed by atoms with van der Waals surface area (Å²) < 4.78 is 0.